The lowest BCUT2D eigenvalue weighted by Crippen LogP contribution is -1.92. The van der Waals surface area contributed by atoms with Gasteiger partial charge in [0.05, 0.1) is 8.22 Å². The highest BCUT2D eigenvalue weighted by molar-refractivity contribution is 6.24. The quantitative estimate of drug-likeness (QED) is 0.177. The van der Waals surface area contributed by atoms with Crippen molar-refractivity contribution >= 4 is 54.3 Å². The molecule has 1 heterocycles. The van der Waals surface area contributed by atoms with Crippen LogP contribution in [0.3, 0.4) is 0 Å². The summed E-state index contributed by atoms with van der Waals surface area (Å²) in [5.41, 5.74) is 6.97. The summed E-state index contributed by atoms with van der Waals surface area (Å²) in [7, 11) is 0. The van der Waals surface area contributed by atoms with Crippen molar-refractivity contribution in [1.82, 2.24) is 0 Å². The second-order valence-corrected chi connectivity index (χ2v) is 12.3. The molecule has 0 bridgehead atoms. The van der Waals surface area contributed by atoms with Crippen molar-refractivity contribution in [3.8, 4) is 44.5 Å². The summed E-state index contributed by atoms with van der Waals surface area (Å²) in [6.07, 6.45) is 0. The van der Waals surface area contributed by atoms with Crippen LogP contribution in [0.4, 0.5) is 0 Å². The van der Waals surface area contributed by atoms with Gasteiger partial charge >= 0.3 is 0 Å². The van der Waals surface area contributed by atoms with Crippen molar-refractivity contribution < 1.29 is 12.6 Å². The van der Waals surface area contributed by atoms with Crippen LogP contribution < -0.4 is 0 Å². The van der Waals surface area contributed by atoms with E-state index in [0.29, 0.717) is 27.9 Å². The van der Waals surface area contributed by atoms with E-state index in [4.69, 9.17) is 7.16 Å². The smallest absolute Gasteiger partial charge is 0.143 e. The summed E-state index contributed by atoms with van der Waals surface area (Å²) in [6.45, 7) is 0. The van der Waals surface area contributed by atoms with Crippen LogP contribution in [-0.4, -0.2) is 0 Å². The molecule has 0 spiro atoms. The van der Waals surface area contributed by atoms with Crippen molar-refractivity contribution in [3.63, 3.8) is 0 Å². The van der Waals surface area contributed by atoms with Crippen molar-refractivity contribution in [2.45, 2.75) is 0 Å². The SMILES string of the molecule is [2H]c1c([2H])c([2H])c2c(-c3cccc4c3oc3ccc(-c5ccccc5)cc34)c([2H])c([2H])c(-c3c4ccccc4c(-c4ccccc4)c4ccccc34)c2c1[2H]. The third-order valence-corrected chi connectivity index (χ3v) is 9.62. The number of para-hydroxylation sites is 1. The highest BCUT2D eigenvalue weighted by atomic mass is 16.3. The van der Waals surface area contributed by atoms with Gasteiger partial charge in [0, 0.05) is 16.3 Å². The first-order chi connectivity index (χ1) is 26.8. The molecule has 0 N–H and O–H groups in total. The molecule has 0 unspecified atom stereocenters. The first-order valence-corrected chi connectivity index (χ1v) is 16.4. The molecule has 10 aromatic rings. The molecule has 1 aromatic heterocycles. The van der Waals surface area contributed by atoms with Gasteiger partial charge in [0.25, 0.3) is 0 Å². The number of fused-ring (bicyclic) bond motifs is 6. The van der Waals surface area contributed by atoms with Gasteiger partial charge in [0.2, 0.25) is 0 Å². The molecule has 0 saturated carbocycles. The standard InChI is InChI=1S/C48H30O/c1-3-14-31(15-4-1)33-26-29-45-44(30-33)43-25-13-24-42(48(43)49-45)36-27-28-41(35-19-8-7-18-34(35)36)47-39-22-11-9-20-37(39)46(32-16-5-2-6-17-32)38-21-10-12-23-40(38)47/h1-30H/i7D,8D,18D,19D,27D,28D. The Bertz CT molecular complexity index is 3150. The Balaban J connectivity index is 1.34. The van der Waals surface area contributed by atoms with Crippen molar-refractivity contribution in [2.24, 2.45) is 0 Å². The van der Waals surface area contributed by atoms with Crippen molar-refractivity contribution in [3.05, 3.63) is 182 Å². The fourth-order valence-corrected chi connectivity index (χ4v) is 7.45. The van der Waals surface area contributed by atoms with Crippen LogP contribution in [0.5, 0.6) is 0 Å². The predicted molar refractivity (Wildman–Crippen MR) is 208 cm³/mol. The van der Waals surface area contributed by atoms with E-state index in [1.807, 2.05) is 103 Å². The lowest BCUT2D eigenvalue weighted by atomic mass is 9.84. The summed E-state index contributed by atoms with van der Waals surface area (Å²) in [5.74, 6) is 0. The molecule has 0 saturated heterocycles. The second-order valence-electron chi connectivity index (χ2n) is 12.3. The van der Waals surface area contributed by atoms with Crippen molar-refractivity contribution in [2.75, 3.05) is 0 Å². The lowest BCUT2D eigenvalue weighted by molar-refractivity contribution is 0.670. The summed E-state index contributed by atoms with van der Waals surface area (Å²) in [5, 5.41) is 5.59. The third kappa shape index (κ3) is 4.33. The zero-order valence-electron chi connectivity index (χ0n) is 32.3. The van der Waals surface area contributed by atoms with Gasteiger partial charge in [-0.1, -0.05) is 170 Å². The molecule has 0 atom stereocenters. The van der Waals surface area contributed by atoms with Crippen LogP contribution in [0.25, 0.3) is 98.8 Å². The summed E-state index contributed by atoms with van der Waals surface area (Å²) in [6, 6.07) is 46.3. The Labute approximate surface area is 292 Å². The molecule has 49 heavy (non-hydrogen) atoms. The van der Waals surface area contributed by atoms with Gasteiger partial charge in [0.1, 0.15) is 11.2 Å². The van der Waals surface area contributed by atoms with Gasteiger partial charge in [-0.05, 0) is 83.4 Å². The van der Waals surface area contributed by atoms with Gasteiger partial charge in [-0.15, -0.1) is 0 Å². The molecule has 228 valence electrons. The molecule has 10 rings (SSSR count). The Morgan fingerprint density at radius 3 is 1.57 bits per heavy atom. The second kappa shape index (κ2) is 11.1. The molecule has 1 heteroatoms. The van der Waals surface area contributed by atoms with E-state index in [1.54, 1.807) is 0 Å². The molecule has 1 nitrogen and oxygen atoms in total. The van der Waals surface area contributed by atoms with Crippen LogP contribution in [0.1, 0.15) is 8.22 Å². The summed E-state index contributed by atoms with van der Waals surface area (Å²) in [4.78, 5) is 0. The van der Waals surface area contributed by atoms with E-state index in [9.17, 15) is 5.48 Å². The minimum atomic E-state index is -0.403. The van der Waals surface area contributed by atoms with Crippen LogP contribution in [0, 0.1) is 0 Å². The van der Waals surface area contributed by atoms with Gasteiger partial charge in [-0.3, -0.25) is 0 Å². The molecule has 0 radical (unpaired) electrons. The average molecular weight is 629 g/mol. The van der Waals surface area contributed by atoms with Gasteiger partial charge < -0.3 is 4.42 Å². The maximum Gasteiger partial charge on any atom is 0.143 e. The summed E-state index contributed by atoms with van der Waals surface area (Å²) >= 11 is 0. The lowest BCUT2D eigenvalue weighted by Gasteiger charge is -2.19. The molecule has 0 aliphatic rings. The Kier molecular flexibility index (Phi) is 5.02. The van der Waals surface area contributed by atoms with Crippen LogP contribution in [0.15, 0.2) is 186 Å². The predicted octanol–water partition coefficient (Wildman–Crippen LogP) is 13.7. The van der Waals surface area contributed by atoms with E-state index in [0.717, 1.165) is 54.6 Å². The first-order valence-electron chi connectivity index (χ1n) is 19.4. The summed E-state index contributed by atoms with van der Waals surface area (Å²) < 4.78 is 62.7. The molecule has 0 amide bonds. The normalized spacial score (nSPS) is 13.4. The topological polar surface area (TPSA) is 13.1 Å². The maximum absolute atomic E-state index is 9.83. The van der Waals surface area contributed by atoms with E-state index >= 15 is 0 Å². The monoisotopic (exact) mass is 628 g/mol. The zero-order valence-corrected chi connectivity index (χ0v) is 26.3. The molecular formula is C48H30O. The van der Waals surface area contributed by atoms with Crippen LogP contribution in [-0.2, 0) is 0 Å². The Hall–Kier alpha value is -6.44. The molecule has 0 fully saturated rings. The van der Waals surface area contributed by atoms with Crippen molar-refractivity contribution in [1.29, 1.82) is 0 Å². The minimum Gasteiger partial charge on any atom is -0.455 e. The minimum absolute atomic E-state index is 0.130. The molecule has 9 aromatic carbocycles. The number of hydrogen-bond donors (Lipinski definition) is 0. The highest BCUT2D eigenvalue weighted by Crippen LogP contribution is 2.47. The Morgan fingerprint density at radius 2 is 0.898 bits per heavy atom. The third-order valence-electron chi connectivity index (χ3n) is 9.62. The number of furan rings is 1. The van der Waals surface area contributed by atoms with Gasteiger partial charge in [-0.25, -0.2) is 0 Å². The van der Waals surface area contributed by atoms with E-state index in [1.165, 1.54) is 0 Å². The van der Waals surface area contributed by atoms with E-state index in [-0.39, 0.29) is 40.5 Å². The molecule has 0 aliphatic carbocycles. The van der Waals surface area contributed by atoms with Gasteiger partial charge in [0.15, 0.2) is 0 Å². The van der Waals surface area contributed by atoms with Crippen LogP contribution >= 0.6 is 0 Å². The highest BCUT2D eigenvalue weighted by Gasteiger charge is 2.20. The Morgan fingerprint density at radius 1 is 0.347 bits per heavy atom. The number of hydrogen-bond acceptors (Lipinski definition) is 1. The fraction of sp³-hybridized carbons (Fsp3) is 0. The maximum atomic E-state index is 9.83. The largest absolute Gasteiger partial charge is 0.455 e. The first kappa shape index (κ1) is 22.2. The van der Waals surface area contributed by atoms with Gasteiger partial charge in [-0.2, -0.15) is 0 Å². The van der Waals surface area contributed by atoms with E-state index in [2.05, 4.69) is 42.5 Å². The molecular weight excluding hydrogens is 593 g/mol. The van der Waals surface area contributed by atoms with Crippen LogP contribution in [0.2, 0.25) is 0 Å². The fourth-order valence-electron chi connectivity index (χ4n) is 7.45. The van der Waals surface area contributed by atoms with E-state index < -0.39 is 12.1 Å². The number of rotatable bonds is 4. The zero-order chi connectivity index (χ0) is 37.5. The average Bonchev–Trinajstić information content (AvgIpc) is 3.61. The molecule has 0 aliphatic heterocycles. The number of benzene rings is 9.